The molecule has 0 bridgehead atoms. The first-order valence-corrected chi connectivity index (χ1v) is 9.97. The largest absolute Gasteiger partial charge is 0.481 e. The Kier molecular flexibility index (Phi) is 6.06. The van der Waals surface area contributed by atoms with Crippen LogP contribution in [0.1, 0.15) is 74.4 Å². The number of rotatable bonds is 6. The molecule has 0 amide bonds. The summed E-state index contributed by atoms with van der Waals surface area (Å²) in [4.78, 5) is 18.1. The summed E-state index contributed by atoms with van der Waals surface area (Å²) >= 11 is 1.84. The van der Waals surface area contributed by atoms with Crippen LogP contribution >= 0.6 is 11.3 Å². The standard InChI is InChI=1S/C18H28N2O2S/c21-17(22)9-8-14-5-4-10-20(11-14)12-16-13-23-18(19-16)15-6-2-1-3-7-15/h13-15H,1-12H2,(H,21,22). The number of nitrogens with zero attached hydrogens (tertiary/aromatic N) is 2. The normalized spacial score (nSPS) is 23.9. The summed E-state index contributed by atoms with van der Waals surface area (Å²) in [7, 11) is 0. The van der Waals surface area contributed by atoms with Crippen LogP contribution in [0.2, 0.25) is 0 Å². The molecule has 1 N–H and O–H groups in total. The molecular weight excluding hydrogens is 308 g/mol. The second-order valence-corrected chi connectivity index (χ2v) is 8.08. The summed E-state index contributed by atoms with van der Waals surface area (Å²) in [5, 5.41) is 12.4. The molecule has 1 unspecified atom stereocenters. The summed E-state index contributed by atoms with van der Waals surface area (Å²) < 4.78 is 0. The van der Waals surface area contributed by atoms with E-state index in [0.717, 1.165) is 26.1 Å². The van der Waals surface area contributed by atoms with E-state index in [1.54, 1.807) is 0 Å². The molecule has 2 heterocycles. The highest BCUT2D eigenvalue weighted by Crippen LogP contribution is 2.34. The maximum absolute atomic E-state index is 10.7. The van der Waals surface area contributed by atoms with Crippen molar-refractivity contribution in [2.24, 2.45) is 5.92 Å². The fourth-order valence-corrected chi connectivity index (χ4v) is 5.00. The van der Waals surface area contributed by atoms with Crippen LogP contribution in [-0.4, -0.2) is 34.0 Å². The van der Waals surface area contributed by atoms with Gasteiger partial charge in [-0.05, 0) is 44.6 Å². The van der Waals surface area contributed by atoms with Gasteiger partial charge < -0.3 is 5.11 Å². The van der Waals surface area contributed by atoms with Crippen molar-refractivity contribution < 1.29 is 9.90 Å². The van der Waals surface area contributed by atoms with Crippen molar-refractivity contribution in [3.8, 4) is 0 Å². The number of piperidine rings is 1. The van der Waals surface area contributed by atoms with Gasteiger partial charge in [0.05, 0.1) is 10.7 Å². The number of carbonyl (C=O) groups is 1. The first-order chi connectivity index (χ1) is 11.2. The summed E-state index contributed by atoms with van der Waals surface area (Å²) in [6.45, 7) is 3.09. The van der Waals surface area contributed by atoms with Gasteiger partial charge >= 0.3 is 5.97 Å². The van der Waals surface area contributed by atoms with Gasteiger partial charge in [-0.3, -0.25) is 9.69 Å². The molecule has 1 saturated carbocycles. The second kappa shape index (κ2) is 8.25. The molecule has 5 heteroatoms. The first-order valence-electron chi connectivity index (χ1n) is 9.09. The van der Waals surface area contributed by atoms with Gasteiger partial charge in [0.15, 0.2) is 0 Å². The zero-order chi connectivity index (χ0) is 16.1. The van der Waals surface area contributed by atoms with Crippen molar-refractivity contribution >= 4 is 17.3 Å². The van der Waals surface area contributed by atoms with Crippen LogP contribution in [0.4, 0.5) is 0 Å². The molecule has 1 aromatic rings. The Balaban J connectivity index is 1.50. The van der Waals surface area contributed by atoms with E-state index < -0.39 is 5.97 Å². The number of likely N-dealkylation sites (tertiary alicyclic amines) is 1. The third-order valence-corrected chi connectivity index (χ3v) is 6.34. The van der Waals surface area contributed by atoms with E-state index >= 15 is 0 Å². The minimum atomic E-state index is -0.668. The lowest BCUT2D eigenvalue weighted by Crippen LogP contribution is -2.35. The number of aliphatic carboxylic acids is 1. The number of carboxylic acid groups (broad SMARTS) is 1. The summed E-state index contributed by atoms with van der Waals surface area (Å²) in [6, 6.07) is 0. The average molecular weight is 337 g/mol. The maximum atomic E-state index is 10.7. The molecule has 23 heavy (non-hydrogen) atoms. The molecule has 1 atom stereocenters. The number of hydrogen-bond donors (Lipinski definition) is 1. The number of thiazole rings is 1. The molecule has 1 aliphatic carbocycles. The average Bonchev–Trinajstić information content (AvgIpc) is 3.03. The Labute approximate surface area is 142 Å². The quantitative estimate of drug-likeness (QED) is 0.843. The van der Waals surface area contributed by atoms with E-state index in [0.29, 0.717) is 18.3 Å². The highest BCUT2D eigenvalue weighted by molar-refractivity contribution is 7.09. The van der Waals surface area contributed by atoms with Gasteiger partial charge in [-0.15, -0.1) is 11.3 Å². The summed E-state index contributed by atoms with van der Waals surface area (Å²) in [5.74, 6) is 0.571. The first kappa shape index (κ1) is 16.9. The second-order valence-electron chi connectivity index (χ2n) is 7.19. The van der Waals surface area contributed by atoms with Crippen molar-refractivity contribution in [2.45, 2.75) is 70.3 Å². The third kappa shape index (κ3) is 5.01. The lowest BCUT2D eigenvalue weighted by Gasteiger charge is -2.32. The summed E-state index contributed by atoms with van der Waals surface area (Å²) in [5.41, 5.74) is 1.22. The fourth-order valence-electron chi connectivity index (χ4n) is 4.02. The van der Waals surface area contributed by atoms with Gasteiger partial charge in [0.25, 0.3) is 0 Å². The van der Waals surface area contributed by atoms with E-state index in [2.05, 4.69) is 10.3 Å². The molecule has 3 rings (SSSR count). The zero-order valence-corrected chi connectivity index (χ0v) is 14.7. The third-order valence-electron chi connectivity index (χ3n) is 5.28. The molecule has 2 fully saturated rings. The van der Waals surface area contributed by atoms with Crippen molar-refractivity contribution in [1.82, 2.24) is 9.88 Å². The minimum absolute atomic E-state index is 0.307. The van der Waals surface area contributed by atoms with Crippen molar-refractivity contribution in [2.75, 3.05) is 13.1 Å². The minimum Gasteiger partial charge on any atom is -0.481 e. The fraction of sp³-hybridized carbons (Fsp3) is 0.778. The highest BCUT2D eigenvalue weighted by Gasteiger charge is 2.22. The molecule has 2 aliphatic rings. The number of aromatic nitrogens is 1. The van der Waals surface area contributed by atoms with Gasteiger partial charge in [0.1, 0.15) is 0 Å². The Bertz CT molecular complexity index is 511. The van der Waals surface area contributed by atoms with Crippen LogP contribution in [0.5, 0.6) is 0 Å². The van der Waals surface area contributed by atoms with E-state index in [1.807, 2.05) is 11.3 Å². The molecule has 0 radical (unpaired) electrons. The molecule has 1 saturated heterocycles. The van der Waals surface area contributed by atoms with Gasteiger partial charge in [0.2, 0.25) is 0 Å². The van der Waals surface area contributed by atoms with Crippen LogP contribution in [-0.2, 0) is 11.3 Å². The smallest absolute Gasteiger partial charge is 0.303 e. The zero-order valence-electron chi connectivity index (χ0n) is 13.9. The van der Waals surface area contributed by atoms with Crippen molar-refractivity contribution in [3.63, 3.8) is 0 Å². The Morgan fingerprint density at radius 3 is 2.87 bits per heavy atom. The van der Waals surface area contributed by atoms with E-state index in [9.17, 15) is 4.79 Å². The van der Waals surface area contributed by atoms with Gasteiger partial charge in [0, 0.05) is 30.8 Å². The highest BCUT2D eigenvalue weighted by atomic mass is 32.1. The van der Waals surface area contributed by atoms with Crippen molar-refractivity contribution in [3.05, 3.63) is 16.1 Å². The SMILES string of the molecule is O=C(O)CCC1CCCN(Cc2csc(C3CCCCC3)n2)C1. The Morgan fingerprint density at radius 1 is 1.26 bits per heavy atom. The van der Waals surface area contributed by atoms with Gasteiger partial charge in [-0.2, -0.15) is 0 Å². The Hall–Kier alpha value is -0.940. The molecule has 0 aromatic carbocycles. The van der Waals surface area contributed by atoms with Crippen LogP contribution in [0, 0.1) is 5.92 Å². The van der Waals surface area contributed by atoms with Gasteiger partial charge in [-0.1, -0.05) is 19.3 Å². The van der Waals surface area contributed by atoms with E-state index in [-0.39, 0.29) is 0 Å². The monoisotopic (exact) mass is 336 g/mol. The van der Waals surface area contributed by atoms with E-state index in [1.165, 1.54) is 55.6 Å². The molecule has 1 aromatic heterocycles. The van der Waals surface area contributed by atoms with Crippen LogP contribution < -0.4 is 0 Å². The number of hydrogen-bond acceptors (Lipinski definition) is 4. The van der Waals surface area contributed by atoms with Crippen LogP contribution in [0.15, 0.2) is 5.38 Å². The van der Waals surface area contributed by atoms with Gasteiger partial charge in [-0.25, -0.2) is 4.98 Å². The lowest BCUT2D eigenvalue weighted by atomic mass is 9.90. The predicted octanol–water partition coefficient (Wildman–Crippen LogP) is 4.27. The lowest BCUT2D eigenvalue weighted by molar-refractivity contribution is -0.137. The van der Waals surface area contributed by atoms with Crippen LogP contribution in [0.25, 0.3) is 0 Å². The molecular formula is C18H28N2O2S. The predicted molar refractivity (Wildman–Crippen MR) is 92.8 cm³/mol. The topological polar surface area (TPSA) is 53.4 Å². The molecule has 128 valence electrons. The summed E-state index contributed by atoms with van der Waals surface area (Å²) in [6.07, 6.45) is 10.2. The Morgan fingerprint density at radius 2 is 2.09 bits per heavy atom. The van der Waals surface area contributed by atoms with Crippen LogP contribution in [0.3, 0.4) is 0 Å². The number of carboxylic acids is 1. The van der Waals surface area contributed by atoms with E-state index in [4.69, 9.17) is 10.1 Å². The van der Waals surface area contributed by atoms with Crippen molar-refractivity contribution in [1.29, 1.82) is 0 Å². The molecule has 1 aliphatic heterocycles. The maximum Gasteiger partial charge on any atom is 0.303 e. The molecule has 4 nitrogen and oxygen atoms in total. The molecule has 0 spiro atoms.